The van der Waals surface area contributed by atoms with E-state index in [9.17, 15) is 4.79 Å². The molecule has 20 heavy (non-hydrogen) atoms. The zero-order valence-corrected chi connectivity index (χ0v) is 12.2. The first-order chi connectivity index (χ1) is 9.81. The van der Waals surface area contributed by atoms with Gasteiger partial charge in [0.05, 0.1) is 18.6 Å². The number of ether oxygens (including phenoxy) is 1. The Morgan fingerprint density at radius 2 is 2.20 bits per heavy atom. The van der Waals surface area contributed by atoms with Crippen molar-refractivity contribution in [1.82, 2.24) is 19.8 Å². The topological polar surface area (TPSA) is 59.4 Å². The van der Waals surface area contributed by atoms with Crippen molar-refractivity contribution in [3.05, 3.63) is 18.2 Å². The highest BCUT2D eigenvalue weighted by molar-refractivity contribution is 5.76. The number of piperidine rings is 1. The summed E-state index contributed by atoms with van der Waals surface area (Å²) in [6, 6.07) is 0. The summed E-state index contributed by atoms with van der Waals surface area (Å²) >= 11 is 0. The van der Waals surface area contributed by atoms with Crippen molar-refractivity contribution in [2.75, 3.05) is 33.4 Å². The molecule has 112 valence electrons. The Kier molecular flexibility index (Phi) is 6.01. The molecule has 0 atom stereocenters. The third kappa shape index (κ3) is 4.31. The van der Waals surface area contributed by atoms with Crippen molar-refractivity contribution >= 4 is 5.91 Å². The second-order valence-electron chi connectivity index (χ2n) is 5.12. The van der Waals surface area contributed by atoms with E-state index in [0.717, 1.165) is 38.2 Å². The minimum absolute atomic E-state index is 0.195. The number of hydrogen-bond donors (Lipinski definition) is 1. The highest BCUT2D eigenvalue weighted by atomic mass is 16.5. The Balaban J connectivity index is 1.82. The molecule has 1 saturated heterocycles. The number of aromatic nitrogens is 2. The Hall–Kier alpha value is -1.40. The van der Waals surface area contributed by atoms with Crippen LogP contribution in [0.25, 0.3) is 0 Å². The molecule has 1 aliphatic rings. The van der Waals surface area contributed by atoms with E-state index in [1.165, 1.54) is 6.42 Å². The zero-order valence-electron chi connectivity index (χ0n) is 12.2. The number of imidazole rings is 1. The van der Waals surface area contributed by atoms with Crippen LogP contribution in [0.5, 0.6) is 0 Å². The van der Waals surface area contributed by atoms with E-state index in [2.05, 4.69) is 10.3 Å². The number of likely N-dealkylation sites (tertiary alicyclic amines) is 1. The van der Waals surface area contributed by atoms with Crippen LogP contribution in [0.1, 0.15) is 25.0 Å². The second kappa shape index (κ2) is 8.01. The first-order valence-electron chi connectivity index (χ1n) is 7.27. The maximum Gasteiger partial charge on any atom is 0.242 e. The summed E-state index contributed by atoms with van der Waals surface area (Å²) in [6.07, 6.45) is 7.03. The van der Waals surface area contributed by atoms with Crippen molar-refractivity contribution < 1.29 is 9.53 Å². The van der Waals surface area contributed by atoms with E-state index < -0.39 is 0 Å². The summed E-state index contributed by atoms with van der Waals surface area (Å²) in [6.45, 7) is 4.37. The van der Waals surface area contributed by atoms with Gasteiger partial charge in [0.2, 0.25) is 5.91 Å². The van der Waals surface area contributed by atoms with Crippen LogP contribution in [0.15, 0.2) is 12.5 Å². The van der Waals surface area contributed by atoms with E-state index in [1.807, 2.05) is 15.7 Å². The molecule has 0 unspecified atom stereocenters. The van der Waals surface area contributed by atoms with Gasteiger partial charge in [-0.3, -0.25) is 4.79 Å². The molecule has 0 bridgehead atoms. The molecule has 1 N–H and O–H groups in total. The zero-order chi connectivity index (χ0) is 14.2. The molecule has 1 aliphatic heterocycles. The summed E-state index contributed by atoms with van der Waals surface area (Å²) in [7, 11) is 1.68. The van der Waals surface area contributed by atoms with Crippen molar-refractivity contribution in [3.8, 4) is 0 Å². The van der Waals surface area contributed by atoms with Gasteiger partial charge in [0.1, 0.15) is 6.54 Å². The smallest absolute Gasteiger partial charge is 0.242 e. The number of nitrogens with one attached hydrogen (secondary N) is 1. The molecular weight excluding hydrogens is 256 g/mol. The Bertz CT molecular complexity index is 413. The Morgan fingerprint density at radius 1 is 1.40 bits per heavy atom. The lowest BCUT2D eigenvalue weighted by atomic mass is 10.1. The molecule has 0 aromatic carbocycles. The molecule has 2 rings (SSSR count). The largest absolute Gasteiger partial charge is 0.383 e. The fraction of sp³-hybridized carbons (Fsp3) is 0.714. The van der Waals surface area contributed by atoms with Gasteiger partial charge in [-0.2, -0.15) is 0 Å². The standard InChI is InChI=1S/C14H24N4O2/c1-20-8-5-15-9-13-10-16-12-18(13)11-14(19)17-6-3-2-4-7-17/h10,12,15H,2-9,11H2,1H3. The molecule has 0 saturated carbocycles. The molecule has 6 heteroatoms. The van der Waals surface area contributed by atoms with Crippen LogP contribution >= 0.6 is 0 Å². The Labute approximate surface area is 120 Å². The number of carbonyl (C=O) groups excluding carboxylic acids is 1. The average Bonchev–Trinajstić information content (AvgIpc) is 2.92. The number of amides is 1. The number of carbonyl (C=O) groups is 1. The van der Waals surface area contributed by atoms with Crippen molar-refractivity contribution in [3.63, 3.8) is 0 Å². The van der Waals surface area contributed by atoms with Gasteiger partial charge in [-0.25, -0.2) is 4.98 Å². The van der Waals surface area contributed by atoms with E-state index in [-0.39, 0.29) is 5.91 Å². The van der Waals surface area contributed by atoms with Crippen LogP contribution in [-0.2, 0) is 22.6 Å². The summed E-state index contributed by atoms with van der Waals surface area (Å²) in [5, 5.41) is 3.27. The number of methoxy groups -OCH3 is 1. The van der Waals surface area contributed by atoms with Gasteiger partial charge in [-0.15, -0.1) is 0 Å². The third-order valence-corrected chi connectivity index (χ3v) is 3.60. The number of nitrogens with zero attached hydrogens (tertiary/aromatic N) is 3. The van der Waals surface area contributed by atoms with Crippen molar-refractivity contribution in [2.45, 2.75) is 32.4 Å². The minimum Gasteiger partial charge on any atom is -0.383 e. The fourth-order valence-electron chi connectivity index (χ4n) is 2.42. The van der Waals surface area contributed by atoms with E-state index in [1.54, 1.807) is 13.4 Å². The molecule has 6 nitrogen and oxygen atoms in total. The summed E-state index contributed by atoms with van der Waals surface area (Å²) < 4.78 is 6.92. The molecule has 1 aromatic heterocycles. The van der Waals surface area contributed by atoms with E-state index in [4.69, 9.17) is 4.74 Å². The van der Waals surface area contributed by atoms with Crippen molar-refractivity contribution in [2.24, 2.45) is 0 Å². The van der Waals surface area contributed by atoms with E-state index >= 15 is 0 Å². The predicted molar refractivity (Wildman–Crippen MR) is 76.2 cm³/mol. The van der Waals surface area contributed by atoms with Gasteiger partial charge in [0.25, 0.3) is 0 Å². The second-order valence-corrected chi connectivity index (χ2v) is 5.12. The first-order valence-corrected chi connectivity index (χ1v) is 7.27. The molecule has 2 heterocycles. The average molecular weight is 280 g/mol. The molecule has 1 aromatic rings. The normalized spacial score (nSPS) is 15.6. The van der Waals surface area contributed by atoms with Crippen LogP contribution in [0.2, 0.25) is 0 Å². The maximum absolute atomic E-state index is 12.2. The maximum atomic E-state index is 12.2. The molecule has 0 spiro atoms. The van der Waals surface area contributed by atoms with Gasteiger partial charge < -0.3 is 19.5 Å². The quantitative estimate of drug-likeness (QED) is 0.744. The van der Waals surface area contributed by atoms with Crippen LogP contribution in [0, 0.1) is 0 Å². The lowest BCUT2D eigenvalue weighted by Crippen LogP contribution is -2.38. The lowest BCUT2D eigenvalue weighted by Gasteiger charge is -2.27. The van der Waals surface area contributed by atoms with Crippen LogP contribution in [0.3, 0.4) is 0 Å². The molecule has 0 aliphatic carbocycles. The van der Waals surface area contributed by atoms with E-state index in [0.29, 0.717) is 19.7 Å². The van der Waals surface area contributed by atoms with Gasteiger partial charge >= 0.3 is 0 Å². The fourth-order valence-corrected chi connectivity index (χ4v) is 2.42. The van der Waals surface area contributed by atoms with Gasteiger partial charge in [-0.1, -0.05) is 0 Å². The molecular formula is C14H24N4O2. The predicted octanol–water partition coefficient (Wildman–Crippen LogP) is 0.632. The summed E-state index contributed by atoms with van der Waals surface area (Å²) in [5.74, 6) is 0.195. The minimum atomic E-state index is 0.195. The highest BCUT2D eigenvalue weighted by Crippen LogP contribution is 2.10. The molecule has 1 amide bonds. The highest BCUT2D eigenvalue weighted by Gasteiger charge is 2.17. The van der Waals surface area contributed by atoms with Gasteiger partial charge in [0.15, 0.2) is 0 Å². The van der Waals surface area contributed by atoms with Gasteiger partial charge in [0, 0.05) is 39.5 Å². The number of rotatable bonds is 7. The van der Waals surface area contributed by atoms with Crippen molar-refractivity contribution in [1.29, 1.82) is 0 Å². The van der Waals surface area contributed by atoms with Gasteiger partial charge in [-0.05, 0) is 19.3 Å². The first kappa shape index (κ1) is 15.0. The summed E-state index contributed by atoms with van der Waals surface area (Å²) in [5.41, 5.74) is 1.03. The lowest BCUT2D eigenvalue weighted by molar-refractivity contribution is -0.132. The Morgan fingerprint density at radius 3 is 2.95 bits per heavy atom. The molecule has 0 radical (unpaired) electrons. The van der Waals surface area contributed by atoms with Crippen LogP contribution in [0.4, 0.5) is 0 Å². The third-order valence-electron chi connectivity index (χ3n) is 3.60. The number of hydrogen-bond acceptors (Lipinski definition) is 4. The van der Waals surface area contributed by atoms with Crippen LogP contribution < -0.4 is 5.32 Å². The van der Waals surface area contributed by atoms with Crippen LogP contribution in [-0.4, -0.2) is 53.7 Å². The monoisotopic (exact) mass is 280 g/mol. The summed E-state index contributed by atoms with van der Waals surface area (Å²) in [4.78, 5) is 18.3. The SMILES string of the molecule is COCCNCc1cncn1CC(=O)N1CCCCC1. The molecule has 1 fully saturated rings.